The van der Waals surface area contributed by atoms with Crippen molar-refractivity contribution in [3.8, 4) is 0 Å². The lowest BCUT2D eigenvalue weighted by Gasteiger charge is -2.17. The lowest BCUT2D eigenvalue weighted by Crippen LogP contribution is -2.33. The molecule has 1 atom stereocenters. The van der Waals surface area contributed by atoms with Crippen molar-refractivity contribution >= 4 is 0 Å². The molecular weight excluding hydrogens is 192 g/mol. The van der Waals surface area contributed by atoms with Gasteiger partial charge in [0.2, 0.25) is 0 Å². The van der Waals surface area contributed by atoms with Crippen LogP contribution in [0.4, 0.5) is 0 Å². The van der Waals surface area contributed by atoms with Crippen molar-refractivity contribution in [3.63, 3.8) is 0 Å². The fourth-order valence-corrected chi connectivity index (χ4v) is 1.37. The zero-order valence-electron chi connectivity index (χ0n) is 10.6. The molecule has 0 aliphatic heterocycles. The van der Waals surface area contributed by atoms with Crippen LogP contribution < -0.4 is 5.32 Å². The highest BCUT2D eigenvalue weighted by Crippen LogP contribution is 1.88. The van der Waals surface area contributed by atoms with E-state index in [1.807, 2.05) is 0 Å². The molecule has 0 aromatic carbocycles. The van der Waals surface area contributed by atoms with Gasteiger partial charge in [-0.25, -0.2) is 0 Å². The average molecular weight is 218 g/mol. The summed E-state index contributed by atoms with van der Waals surface area (Å²) in [6.07, 6.45) is 1.16. The number of nitrogens with zero attached hydrogens (tertiary/aromatic N) is 1. The molecule has 1 unspecified atom stereocenters. The fourth-order valence-electron chi connectivity index (χ4n) is 1.37. The van der Waals surface area contributed by atoms with Crippen molar-refractivity contribution in [1.82, 2.24) is 10.2 Å². The van der Waals surface area contributed by atoms with E-state index in [0.717, 1.165) is 39.3 Å². The average Bonchev–Trinajstić information content (AvgIpc) is 2.22. The molecule has 0 bridgehead atoms. The van der Waals surface area contributed by atoms with E-state index in [1.54, 1.807) is 14.2 Å². The second-order valence-electron chi connectivity index (χ2n) is 3.96. The van der Waals surface area contributed by atoms with E-state index >= 15 is 0 Å². The van der Waals surface area contributed by atoms with E-state index in [-0.39, 0.29) is 0 Å². The quantitative estimate of drug-likeness (QED) is 0.544. The van der Waals surface area contributed by atoms with Crippen molar-refractivity contribution in [3.05, 3.63) is 0 Å². The number of ether oxygens (including phenoxy) is 2. The van der Waals surface area contributed by atoms with E-state index < -0.39 is 0 Å². The monoisotopic (exact) mass is 218 g/mol. The van der Waals surface area contributed by atoms with Crippen LogP contribution >= 0.6 is 0 Å². The van der Waals surface area contributed by atoms with Gasteiger partial charge in [-0.15, -0.1) is 0 Å². The number of nitrogens with one attached hydrogen (secondary N) is 1. The number of methoxy groups -OCH3 is 2. The van der Waals surface area contributed by atoms with Crippen LogP contribution in [-0.4, -0.2) is 65.1 Å². The lowest BCUT2D eigenvalue weighted by molar-refractivity contribution is 0.158. The largest absolute Gasteiger partial charge is 0.383 e. The minimum absolute atomic E-state index is 0.444. The third kappa shape index (κ3) is 10.1. The van der Waals surface area contributed by atoms with Crippen molar-refractivity contribution in [2.24, 2.45) is 0 Å². The molecule has 92 valence electrons. The Morgan fingerprint density at radius 2 is 1.93 bits per heavy atom. The van der Waals surface area contributed by atoms with Crippen LogP contribution in [0, 0.1) is 0 Å². The van der Waals surface area contributed by atoms with Crippen LogP contribution in [-0.2, 0) is 9.47 Å². The van der Waals surface area contributed by atoms with E-state index in [0.29, 0.717) is 6.04 Å². The Balaban J connectivity index is 3.22. The van der Waals surface area contributed by atoms with E-state index in [9.17, 15) is 0 Å². The number of hydrogen-bond acceptors (Lipinski definition) is 4. The number of hydrogen-bond donors (Lipinski definition) is 1. The summed E-state index contributed by atoms with van der Waals surface area (Å²) >= 11 is 0. The maximum absolute atomic E-state index is 5.05. The Morgan fingerprint density at radius 3 is 2.53 bits per heavy atom. The van der Waals surface area contributed by atoms with Gasteiger partial charge in [-0.05, 0) is 33.5 Å². The van der Waals surface area contributed by atoms with Crippen molar-refractivity contribution in [2.45, 2.75) is 19.4 Å². The SMILES string of the molecule is COCCN(C)CCCNC(C)COC. The summed E-state index contributed by atoms with van der Waals surface area (Å²) in [5.41, 5.74) is 0. The minimum Gasteiger partial charge on any atom is -0.383 e. The Kier molecular flexibility index (Phi) is 10.3. The summed E-state index contributed by atoms with van der Waals surface area (Å²) in [6, 6.07) is 0.444. The van der Waals surface area contributed by atoms with Gasteiger partial charge in [0.25, 0.3) is 0 Å². The first-order valence-electron chi connectivity index (χ1n) is 5.60. The number of rotatable bonds is 10. The highest BCUT2D eigenvalue weighted by atomic mass is 16.5. The minimum atomic E-state index is 0.444. The highest BCUT2D eigenvalue weighted by molar-refractivity contribution is 4.60. The molecule has 4 nitrogen and oxygen atoms in total. The Bertz CT molecular complexity index is 134. The molecule has 0 saturated heterocycles. The molecule has 0 aliphatic carbocycles. The van der Waals surface area contributed by atoms with Gasteiger partial charge in [0.05, 0.1) is 13.2 Å². The maximum Gasteiger partial charge on any atom is 0.0613 e. The van der Waals surface area contributed by atoms with Crippen LogP contribution in [0.2, 0.25) is 0 Å². The van der Waals surface area contributed by atoms with Gasteiger partial charge in [-0.1, -0.05) is 0 Å². The van der Waals surface area contributed by atoms with Gasteiger partial charge in [0.1, 0.15) is 0 Å². The van der Waals surface area contributed by atoms with Crippen molar-refractivity contribution in [1.29, 1.82) is 0 Å². The molecule has 0 amide bonds. The van der Waals surface area contributed by atoms with Crippen LogP contribution in [0.3, 0.4) is 0 Å². The molecule has 1 N–H and O–H groups in total. The van der Waals surface area contributed by atoms with Gasteiger partial charge in [-0.3, -0.25) is 0 Å². The molecule has 0 radical (unpaired) electrons. The van der Waals surface area contributed by atoms with Crippen LogP contribution in [0.15, 0.2) is 0 Å². The van der Waals surface area contributed by atoms with Crippen molar-refractivity contribution in [2.75, 3.05) is 54.1 Å². The van der Waals surface area contributed by atoms with E-state index in [4.69, 9.17) is 9.47 Å². The van der Waals surface area contributed by atoms with Crippen LogP contribution in [0.1, 0.15) is 13.3 Å². The van der Waals surface area contributed by atoms with Gasteiger partial charge >= 0.3 is 0 Å². The maximum atomic E-state index is 5.05. The summed E-state index contributed by atoms with van der Waals surface area (Å²) in [6.45, 7) is 6.88. The second kappa shape index (κ2) is 10.4. The molecule has 4 heteroatoms. The Morgan fingerprint density at radius 1 is 1.20 bits per heavy atom. The first kappa shape index (κ1) is 14.8. The summed E-state index contributed by atoms with van der Waals surface area (Å²) in [5.74, 6) is 0. The summed E-state index contributed by atoms with van der Waals surface area (Å²) in [5, 5.41) is 3.41. The van der Waals surface area contributed by atoms with Crippen molar-refractivity contribution < 1.29 is 9.47 Å². The molecule has 0 fully saturated rings. The fraction of sp³-hybridized carbons (Fsp3) is 1.00. The summed E-state index contributed by atoms with van der Waals surface area (Å²) < 4.78 is 10.1. The van der Waals surface area contributed by atoms with E-state index in [2.05, 4.69) is 24.2 Å². The predicted molar refractivity (Wildman–Crippen MR) is 63.3 cm³/mol. The lowest BCUT2D eigenvalue weighted by atomic mass is 10.3. The predicted octanol–water partition coefficient (Wildman–Crippen LogP) is 0.579. The first-order chi connectivity index (χ1) is 7.20. The molecule has 0 aliphatic rings. The third-order valence-corrected chi connectivity index (χ3v) is 2.30. The molecular formula is C11H26N2O2. The van der Waals surface area contributed by atoms with Gasteiger partial charge in [0.15, 0.2) is 0 Å². The second-order valence-corrected chi connectivity index (χ2v) is 3.96. The van der Waals surface area contributed by atoms with E-state index in [1.165, 1.54) is 0 Å². The van der Waals surface area contributed by atoms with Gasteiger partial charge in [-0.2, -0.15) is 0 Å². The van der Waals surface area contributed by atoms with Crippen LogP contribution in [0.25, 0.3) is 0 Å². The zero-order chi connectivity index (χ0) is 11.5. The summed E-state index contributed by atoms with van der Waals surface area (Å²) in [7, 11) is 5.59. The normalized spacial score (nSPS) is 13.4. The summed E-state index contributed by atoms with van der Waals surface area (Å²) in [4.78, 5) is 2.28. The van der Waals surface area contributed by atoms with Gasteiger partial charge in [0, 0.05) is 26.8 Å². The molecule has 0 rings (SSSR count). The molecule has 0 heterocycles. The van der Waals surface area contributed by atoms with Gasteiger partial charge < -0.3 is 19.7 Å². The zero-order valence-corrected chi connectivity index (χ0v) is 10.6. The standard InChI is InChI=1S/C11H26N2O2/c1-11(10-15-4)12-6-5-7-13(2)8-9-14-3/h11-12H,5-10H2,1-4H3. The smallest absolute Gasteiger partial charge is 0.0613 e. The molecule has 0 saturated carbocycles. The molecule has 15 heavy (non-hydrogen) atoms. The van der Waals surface area contributed by atoms with Crippen LogP contribution in [0.5, 0.6) is 0 Å². The first-order valence-corrected chi connectivity index (χ1v) is 5.60. The highest BCUT2D eigenvalue weighted by Gasteiger charge is 2.00. The Labute approximate surface area is 93.9 Å². The molecule has 0 spiro atoms. The topological polar surface area (TPSA) is 33.7 Å². The third-order valence-electron chi connectivity index (χ3n) is 2.30. The molecule has 0 aromatic rings. The number of likely N-dealkylation sites (N-methyl/N-ethyl adjacent to an activating group) is 1. The Hall–Kier alpha value is -0.160. The molecule has 0 aromatic heterocycles.